The molecule has 0 bridgehead atoms. The molecule has 0 fully saturated rings. The first-order chi connectivity index (χ1) is 7.96. The number of fused-ring (bicyclic) bond motifs is 1. The maximum absolute atomic E-state index is 12.0. The number of hydrogen-bond donors (Lipinski definition) is 1. The van der Waals surface area contributed by atoms with E-state index in [1.807, 2.05) is 0 Å². The molecule has 0 spiro atoms. The van der Waals surface area contributed by atoms with Gasteiger partial charge in [-0.25, -0.2) is 0 Å². The van der Waals surface area contributed by atoms with Crippen LogP contribution in [-0.4, -0.2) is 17.9 Å². The third kappa shape index (κ3) is 3.12. The van der Waals surface area contributed by atoms with Crippen molar-refractivity contribution in [1.82, 2.24) is 0 Å². The number of ether oxygens (including phenoxy) is 1. The lowest BCUT2D eigenvalue weighted by molar-refractivity contribution is -0.153. The van der Waals surface area contributed by atoms with Gasteiger partial charge in [-0.3, -0.25) is 0 Å². The minimum absolute atomic E-state index is 0.204. The van der Waals surface area contributed by atoms with E-state index in [9.17, 15) is 18.3 Å². The Balaban J connectivity index is 2.11. The molecule has 1 unspecified atom stereocenters. The lowest BCUT2D eigenvalue weighted by Gasteiger charge is -2.22. The van der Waals surface area contributed by atoms with E-state index >= 15 is 0 Å². The maximum Gasteiger partial charge on any atom is 0.422 e. The van der Waals surface area contributed by atoms with E-state index in [1.165, 1.54) is 6.07 Å². The second-order valence-corrected chi connectivity index (χ2v) is 4.17. The van der Waals surface area contributed by atoms with Crippen molar-refractivity contribution in [2.24, 2.45) is 0 Å². The molecule has 0 saturated heterocycles. The number of halogens is 3. The highest BCUT2D eigenvalue weighted by atomic mass is 19.4. The van der Waals surface area contributed by atoms with Gasteiger partial charge in [0.25, 0.3) is 0 Å². The molecule has 17 heavy (non-hydrogen) atoms. The number of benzene rings is 1. The van der Waals surface area contributed by atoms with Crippen LogP contribution in [-0.2, 0) is 6.42 Å². The van der Waals surface area contributed by atoms with Crippen LogP contribution in [0.3, 0.4) is 0 Å². The Labute approximate surface area is 97.0 Å². The van der Waals surface area contributed by atoms with Gasteiger partial charge in [0.15, 0.2) is 6.61 Å². The van der Waals surface area contributed by atoms with Crippen LogP contribution in [0.1, 0.15) is 30.1 Å². The third-order valence-corrected chi connectivity index (χ3v) is 2.80. The largest absolute Gasteiger partial charge is 0.484 e. The monoisotopic (exact) mass is 246 g/mol. The minimum atomic E-state index is -4.32. The summed E-state index contributed by atoms with van der Waals surface area (Å²) >= 11 is 0. The van der Waals surface area contributed by atoms with Gasteiger partial charge in [0.05, 0.1) is 6.10 Å². The van der Waals surface area contributed by atoms with Gasteiger partial charge in [-0.1, -0.05) is 6.07 Å². The Morgan fingerprint density at radius 2 is 2.12 bits per heavy atom. The topological polar surface area (TPSA) is 29.5 Å². The molecule has 1 N–H and O–H groups in total. The molecule has 5 heteroatoms. The lowest BCUT2D eigenvalue weighted by atomic mass is 9.89. The number of alkyl halides is 3. The van der Waals surface area contributed by atoms with Gasteiger partial charge in [-0.05, 0) is 42.5 Å². The quantitative estimate of drug-likeness (QED) is 0.869. The Morgan fingerprint density at radius 1 is 1.35 bits per heavy atom. The summed E-state index contributed by atoms with van der Waals surface area (Å²) in [6.07, 6.45) is -2.51. The summed E-state index contributed by atoms with van der Waals surface area (Å²) in [4.78, 5) is 0. The van der Waals surface area contributed by atoms with E-state index in [2.05, 4.69) is 4.74 Å². The number of hydrogen-bond acceptors (Lipinski definition) is 2. The van der Waals surface area contributed by atoms with Gasteiger partial charge < -0.3 is 9.84 Å². The lowest BCUT2D eigenvalue weighted by Crippen LogP contribution is -2.19. The highest BCUT2D eigenvalue weighted by Gasteiger charge is 2.28. The summed E-state index contributed by atoms with van der Waals surface area (Å²) in [5, 5.41) is 9.69. The fourth-order valence-corrected chi connectivity index (χ4v) is 2.02. The van der Waals surface area contributed by atoms with E-state index in [0.717, 1.165) is 24.0 Å². The van der Waals surface area contributed by atoms with Crippen LogP contribution in [0.15, 0.2) is 18.2 Å². The van der Waals surface area contributed by atoms with Gasteiger partial charge in [0.2, 0.25) is 0 Å². The molecule has 1 aliphatic carbocycles. The fraction of sp³-hybridized carbons (Fsp3) is 0.500. The van der Waals surface area contributed by atoms with E-state index in [1.54, 1.807) is 12.1 Å². The van der Waals surface area contributed by atoms with E-state index < -0.39 is 18.9 Å². The highest BCUT2D eigenvalue weighted by molar-refractivity contribution is 5.38. The van der Waals surface area contributed by atoms with Gasteiger partial charge in [-0.15, -0.1) is 0 Å². The van der Waals surface area contributed by atoms with Crippen molar-refractivity contribution in [2.45, 2.75) is 31.5 Å². The van der Waals surface area contributed by atoms with Crippen molar-refractivity contribution in [3.8, 4) is 5.75 Å². The molecule has 1 atom stereocenters. The van der Waals surface area contributed by atoms with Crippen molar-refractivity contribution in [3.05, 3.63) is 29.3 Å². The maximum atomic E-state index is 12.0. The summed E-state index contributed by atoms with van der Waals surface area (Å²) in [5.74, 6) is 0.204. The highest BCUT2D eigenvalue weighted by Crippen LogP contribution is 2.32. The zero-order valence-electron chi connectivity index (χ0n) is 9.13. The van der Waals surface area contributed by atoms with Crippen LogP contribution in [0, 0.1) is 0 Å². The molecule has 2 nitrogen and oxygen atoms in total. The van der Waals surface area contributed by atoms with E-state index in [-0.39, 0.29) is 5.75 Å². The predicted octanol–water partition coefficient (Wildman–Crippen LogP) is 3.00. The van der Waals surface area contributed by atoms with Crippen molar-refractivity contribution >= 4 is 0 Å². The minimum Gasteiger partial charge on any atom is -0.484 e. The summed E-state index contributed by atoms with van der Waals surface area (Å²) in [6, 6.07) is 4.70. The third-order valence-electron chi connectivity index (χ3n) is 2.80. The second kappa shape index (κ2) is 4.56. The van der Waals surface area contributed by atoms with Crippen molar-refractivity contribution < 1.29 is 23.0 Å². The average molecular weight is 246 g/mol. The van der Waals surface area contributed by atoms with E-state index in [4.69, 9.17) is 0 Å². The van der Waals surface area contributed by atoms with Gasteiger partial charge >= 0.3 is 6.18 Å². The number of aliphatic hydroxyl groups is 1. The number of rotatable bonds is 2. The first-order valence-corrected chi connectivity index (χ1v) is 5.46. The molecule has 2 rings (SSSR count). The Bertz CT molecular complexity index is 401. The molecule has 0 aromatic heterocycles. The molecular formula is C12H13F3O2. The molecule has 0 amide bonds. The van der Waals surface area contributed by atoms with E-state index in [0.29, 0.717) is 6.42 Å². The van der Waals surface area contributed by atoms with Crippen LogP contribution < -0.4 is 4.74 Å². The smallest absolute Gasteiger partial charge is 0.422 e. The number of aryl methyl sites for hydroxylation is 1. The number of aliphatic hydroxyl groups excluding tert-OH is 1. The summed E-state index contributed by atoms with van der Waals surface area (Å²) in [7, 11) is 0. The SMILES string of the molecule is OC1CCCc2cc(OCC(F)(F)F)ccc21. The molecule has 1 aliphatic rings. The summed E-state index contributed by atoms with van der Waals surface area (Å²) in [6.45, 7) is -1.28. The Hall–Kier alpha value is -1.23. The first-order valence-electron chi connectivity index (χ1n) is 5.46. The standard InChI is InChI=1S/C12H13F3O2/c13-12(14,15)7-17-9-4-5-10-8(6-9)2-1-3-11(10)16/h4-6,11,16H,1-3,7H2. The second-order valence-electron chi connectivity index (χ2n) is 4.17. The molecule has 0 aliphatic heterocycles. The summed E-state index contributed by atoms with van der Waals surface area (Å²) < 4.78 is 40.6. The predicted molar refractivity (Wildman–Crippen MR) is 55.9 cm³/mol. The van der Waals surface area contributed by atoms with Crippen LogP contribution in [0.4, 0.5) is 13.2 Å². The molecular weight excluding hydrogens is 233 g/mol. The Kier molecular flexibility index (Phi) is 3.28. The zero-order chi connectivity index (χ0) is 12.5. The van der Waals surface area contributed by atoms with Gasteiger partial charge in [-0.2, -0.15) is 13.2 Å². The van der Waals surface area contributed by atoms with Crippen molar-refractivity contribution in [3.63, 3.8) is 0 Å². The summed E-state index contributed by atoms with van der Waals surface area (Å²) in [5.41, 5.74) is 1.68. The molecule has 0 radical (unpaired) electrons. The molecule has 0 heterocycles. The van der Waals surface area contributed by atoms with Crippen LogP contribution in [0.25, 0.3) is 0 Å². The fourth-order valence-electron chi connectivity index (χ4n) is 2.02. The molecule has 1 aromatic rings. The molecule has 94 valence electrons. The van der Waals surface area contributed by atoms with Gasteiger partial charge in [0, 0.05) is 0 Å². The van der Waals surface area contributed by atoms with Crippen molar-refractivity contribution in [1.29, 1.82) is 0 Å². The van der Waals surface area contributed by atoms with Crippen LogP contribution >= 0.6 is 0 Å². The normalized spacial score (nSPS) is 19.9. The molecule has 1 aromatic carbocycles. The molecule has 0 saturated carbocycles. The Morgan fingerprint density at radius 3 is 2.82 bits per heavy atom. The van der Waals surface area contributed by atoms with Crippen molar-refractivity contribution in [2.75, 3.05) is 6.61 Å². The van der Waals surface area contributed by atoms with Crippen LogP contribution in [0.2, 0.25) is 0 Å². The van der Waals surface area contributed by atoms with Crippen LogP contribution in [0.5, 0.6) is 5.75 Å². The zero-order valence-corrected chi connectivity index (χ0v) is 9.13. The van der Waals surface area contributed by atoms with Gasteiger partial charge in [0.1, 0.15) is 5.75 Å². The average Bonchev–Trinajstić information content (AvgIpc) is 2.26. The first kappa shape index (κ1) is 12.2.